The van der Waals surface area contributed by atoms with Crippen LogP contribution in [0, 0.1) is 6.92 Å². The number of hydrogen-bond acceptors (Lipinski definition) is 5. The summed E-state index contributed by atoms with van der Waals surface area (Å²) in [7, 11) is -4.79. The highest BCUT2D eigenvalue weighted by Gasteiger charge is 2.17. The van der Waals surface area contributed by atoms with E-state index >= 15 is 0 Å². The molecule has 1 aliphatic carbocycles. The van der Waals surface area contributed by atoms with Crippen LogP contribution in [-0.4, -0.2) is 24.3 Å². The van der Waals surface area contributed by atoms with Crippen LogP contribution in [-0.2, 0) is 34.3 Å². The van der Waals surface area contributed by atoms with Gasteiger partial charge in [-0.2, -0.15) is 8.42 Å². The van der Waals surface area contributed by atoms with Crippen LogP contribution in [0.1, 0.15) is 35.4 Å². The quantitative estimate of drug-likeness (QED) is 0.843. The van der Waals surface area contributed by atoms with Crippen molar-refractivity contribution in [2.24, 2.45) is 0 Å². The van der Waals surface area contributed by atoms with Gasteiger partial charge in [0.15, 0.2) is 0 Å². The number of anilines is 1. The van der Waals surface area contributed by atoms with Crippen molar-refractivity contribution >= 4 is 22.1 Å². The number of nitrogens with one attached hydrogen (secondary N) is 1. The van der Waals surface area contributed by atoms with Gasteiger partial charge in [0.2, 0.25) is 11.9 Å². The highest BCUT2D eigenvalue weighted by Crippen LogP contribution is 2.23. The highest BCUT2D eigenvalue weighted by atomic mass is 32.3. The SMILES string of the molecule is Cc1nc(NC(=O)Cc2cccc(S(=O)(=O)F)c2)nc2c1CCCC2. The fourth-order valence-corrected chi connectivity index (χ4v) is 3.53. The molecule has 6 nitrogen and oxygen atoms in total. The van der Waals surface area contributed by atoms with E-state index in [2.05, 4.69) is 15.3 Å². The molecule has 2 aromatic rings. The van der Waals surface area contributed by atoms with Crippen LogP contribution in [0.5, 0.6) is 0 Å². The number of benzene rings is 1. The van der Waals surface area contributed by atoms with Crippen molar-refractivity contribution in [3.05, 3.63) is 46.8 Å². The van der Waals surface area contributed by atoms with E-state index in [0.29, 0.717) is 5.56 Å². The fourth-order valence-electron chi connectivity index (χ4n) is 3.00. The molecule has 0 unspecified atom stereocenters. The molecule has 0 fully saturated rings. The molecule has 25 heavy (non-hydrogen) atoms. The van der Waals surface area contributed by atoms with E-state index in [4.69, 9.17) is 0 Å². The molecule has 0 aliphatic heterocycles. The molecule has 0 radical (unpaired) electrons. The van der Waals surface area contributed by atoms with Crippen molar-refractivity contribution < 1.29 is 17.1 Å². The lowest BCUT2D eigenvalue weighted by atomic mass is 9.95. The summed E-state index contributed by atoms with van der Waals surface area (Å²) in [6.45, 7) is 1.90. The largest absolute Gasteiger partial charge is 0.332 e. The van der Waals surface area contributed by atoms with Crippen LogP contribution in [0.25, 0.3) is 0 Å². The number of carbonyl (C=O) groups is 1. The van der Waals surface area contributed by atoms with Gasteiger partial charge in [0.1, 0.15) is 0 Å². The minimum atomic E-state index is -4.79. The molecule has 1 amide bonds. The molecule has 0 atom stereocenters. The first kappa shape index (κ1) is 17.5. The second kappa shape index (κ2) is 6.87. The molecule has 0 bridgehead atoms. The van der Waals surface area contributed by atoms with E-state index in [1.807, 2.05) is 6.92 Å². The third kappa shape index (κ3) is 4.19. The average molecular weight is 363 g/mol. The van der Waals surface area contributed by atoms with Gasteiger partial charge in [-0.25, -0.2) is 9.97 Å². The number of carbonyl (C=O) groups excluding carboxylic acids is 1. The van der Waals surface area contributed by atoms with Crippen LogP contribution >= 0.6 is 0 Å². The van der Waals surface area contributed by atoms with Gasteiger partial charge in [0.25, 0.3) is 0 Å². The summed E-state index contributed by atoms with van der Waals surface area (Å²) in [5.74, 6) is -0.138. The fraction of sp³-hybridized carbons (Fsp3) is 0.353. The summed E-state index contributed by atoms with van der Waals surface area (Å²) in [6, 6.07) is 5.25. The molecule has 8 heteroatoms. The van der Waals surface area contributed by atoms with Gasteiger partial charge < -0.3 is 0 Å². The van der Waals surface area contributed by atoms with Crippen molar-refractivity contribution in [3.63, 3.8) is 0 Å². The maximum absolute atomic E-state index is 13.0. The van der Waals surface area contributed by atoms with Crippen LogP contribution in [0.2, 0.25) is 0 Å². The topological polar surface area (TPSA) is 89.0 Å². The van der Waals surface area contributed by atoms with E-state index in [-0.39, 0.29) is 18.3 Å². The standard InChI is InChI=1S/C17H18FN3O3S/c1-11-14-7-2-3-8-15(14)20-17(19-11)21-16(22)10-12-5-4-6-13(9-12)25(18,23)24/h4-6,9H,2-3,7-8,10H2,1H3,(H,19,20,21,22). The van der Waals surface area contributed by atoms with Crippen molar-refractivity contribution in [3.8, 4) is 0 Å². The van der Waals surface area contributed by atoms with Crippen LogP contribution in [0.15, 0.2) is 29.2 Å². The maximum Gasteiger partial charge on any atom is 0.332 e. The summed E-state index contributed by atoms with van der Waals surface area (Å²) >= 11 is 0. The van der Waals surface area contributed by atoms with Crippen molar-refractivity contribution in [2.45, 2.75) is 43.9 Å². The molecule has 1 aromatic carbocycles. The smallest absolute Gasteiger partial charge is 0.294 e. The van der Waals surface area contributed by atoms with Gasteiger partial charge in [-0.1, -0.05) is 12.1 Å². The van der Waals surface area contributed by atoms with E-state index in [1.54, 1.807) is 6.07 Å². The second-order valence-electron chi connectivity index (χ2n) is 6.08. The summed E-state index contributed by atoms with van der Waals surface area (Å²) in [6.07, 6.45) is 3.93. The third-order valence-electron chi connectivity index (χ3n) is 4.19. The van der Waals surface area contributed by atoms with Crippen molar-refractivity contribution in [1.82, 2.24) is 9.97 Å². The lowest BCUT2D eigenvalue weighted by molar-refractivity contribution is -0.115. The predicted molar refractivity (Wildman–Crippen MR) is 90.5 cm³/mol. The Balaban J connectivity index is 1.74. The Morgan fingerprint density at radius 1 is 1.24 bits per heavy atom. The molecule has 0 saturated carbocycles. The minimum absolute atomic E-state index is 0.0944. The average Bonchev–Trinajstić information content (AvgIpc) is 2.54. The number of halogens is 1. The summed E-state index contributed by atoms with van der Waals surface area (Å²) in [5, 5.41) is 2.64. The Kier molecular flexibility index (Phi) is 4.80. The first-order valence-electron chi connectivity index (χ1n) is 8.03. The molecule has 3 rings (SSSR count). The molecule has 0 spiro atoms. The summed E-state index contributed by atoms with van der Waals surface area (Å²) < 4.78 is 34.9. The lowest BCUT2D eigenvalue weighted by Gasteiger charge is -2.17. The minimum Gasteiger partial charge on any atom is -0.294 e. The number of aryl methyl sites for hydroxylation is 2. The number of hydrogen-bond donors (Lipinski definition) is 1. The third-order valence-corrected chi connectivity index (χ3v) is 5.00. The molecule has 1 aliphatic rings. The lowest BCUT2D eigenvalue weighted by Crippen LogP contribution is -2.19. The number of nitrogens with zero attached hydrogens (tertiary/aromatic N) is 2. The second-order valence-corrected chi connectivity index (χ2v) is 7.42. The first-order valence-corrected chi connectivity index (χ1v) is 9.41. The van der Waals surface area contributed by atoms with Gasteiger partial charge >= 0.3 is 10.2 Å². The zero-order valence-corrected chi connectivity index (χ0v) is 14.6. The highest BCUT2D eigenvalue weighted by molar-refractivity contribution is 7.86. The predicted octanol–water partition coefficient (Wildman–Crippen LogP) is 2.50. The molecule has 1 aromatic heterocycles. The monoisotopic (exact) mass is 363 g/mol. The molecular formula is C17H18FN3O3S. The van der Waals surface area contributed by atoms with Gasteiger partial charge in [-0.15, -0.1) is 3.89 Å². The van der Waals surface area contributed by atoms with Crippen molar-refractivity contribution in [1.29, 1.82) is 0 Å². The maximum atomic E-state index is 13.0. The number of amides is 1. The van der Waals surface area contributed by atoms with Crippen molar-refractivity contribution in [2.75, 3.05) is 5.32 Å². The normalized spacial score (nSPS) is 14.0. The molecule has 1 heterocycles. The van der Waals surface area contributed by atoms with E-state index in [9.17, 15) is 17.1 Å². The van der Waals surface area contributed by atoms with Gasteiger partial charge in [-0.05, 0) is 55.9 Å². The number of fused-ring (bicyclic) bond motifs is 1. The molecular weight excluding hydrogens is 345 g/mol. The Hall–Kier alpha value is -2.35. The van der Waals surface area contributed by atoms with E-state index in [0.717, 1.165) is 54.8 Å². The Morgan fingerprint density at radius 3 is 2.76 bits per heavy atom. The van der Waals surface area contributed by atoms with E-state index < -0.39 is 15.1 Å². The molecule has 0 saturated heterocycles. The zero-order valence-electron chi connectivity index (χ0n) is 13.8. The summed E-state index contributed by atoms with van der Waals surface area (Å²) in [4.78, 5) is 20.5. The molecule has 132 valence electrons. The molecule has 1 N–H and O–H groups in total. The zero-order chi connectivity index (χ0) is 18.0. The van der Waals surface area contributed by atoms with Crippen LogP contribution in [0.3, 0.4) is 0 Å². The Bertz CT molecular complexity index is 929. The summed E-state index contributed by atoms with van der Waals surface area (Å²) in [5.41, 5.74) is 3.39. The Morgan fingerprint density at radius 2 is 2.00 bits per heavy atom. The van der Waals surface area contributed by atoms with Gasteiger partial charge in [0.05, 0.1) is 11.3 Å². The number of aromatic nitrogens is 2. The first-order chi connectivity index (χ1) is 11.8. The Labute approximate surface area is 145 Å². The van der Waals surface area contributed by atoms with Gasteiger partial charge in [-0.3, -0.25) is 10.1 Å². The van der Waals surface area contributed by atoms with Gasteiger partial charge in [0, 0.05) is 11.4 Å². The van der Waals surface area contributed by atoms with Crippen LogP contribution < -0.4 is 5.32 Å². The van der Waals surface area contributed by atoms with E-state index in [1.165, 1.54) is 6.07 Å². The van der Waals surface area contributed by atoms with Crippen LogP contribution in [0.4, 0.5) is 9.83 Å². The number of rotatable bonds is 4.